The van der Waals surface area contributed by atoms with Crippen LogP contribution >= 0.6 is 0 Å². The quantitative estimate of drug-likeness (QED) is 0.890. The lowest BCUT2D eigenvalue weighted by molar-refractivity contribution is -0.122. The molecule has 7 nitrogen and oxygen atoms in total. The Morgan fingerprint density at radius 3 is 2.76 bits per heavy atom. The summed E-state index contributed by atoms with van der Waals surface area (Å²) in [5.41, 5.74) is 1.34. The Bertz CT molecular complexity index is 951. The summed E-state index contributed by atoms with van der Waals surface area (Å²) in [4.78, 5) is 16.1. The number of fused-ring (bicyclic) bond motifs is 1. The van der Waals surface area contributed by atoms with Crippen molar-refractivity contribution >= 4 is 15.9 Å². The average Bonchev–Trinajstić information content (AvgIpc) is 3.26. The van der Waals surface area contributed by atoms with Gasteiger partial charge in [-0.25, -0.2) is 13.4 Å². The van der Waals surface area contributed by atoms with Gasteiger partial charge in [-0.1, -0.05) is 12.1 Å². The molecule has 8 heteroatoms. The standard InChI is InChI=1S/C17H19N3O4S/c1-10-3-4-12(15-7-18-11(2)24-15)5-16(10)25(22,23)20-8-13-6-19-17(21)14(13)9-20/h3-5,7,13-14H,6,8-9H2,1-2H3,(H,19,21)/t13-,14+/m0/s1. The molecular weight excluding hydrogens is 342 g/mol. The van der Waals surface area contributed by atoms with E-state index in [1.54, 1.807) is 32.2 Å². The number of nitrogens with one attached hydrogen (secondary N) is 1. The van der Waals surface area contributed by atoms with Crippen molar-refractivity contribution in [3.63, 3.8) is 0 Å². The first-order valence-corrected chi connectivity index (χ1v) is 9.61. The molecule has 0 saturated carbocycles. The van der Waals surface area contributed by atoms with Gasteiger partial charge in [-0.3, -0.25) is 4.79 Å². The zero-order valence-electron chi connectivity index (χ0n) is 14.0. The molecule has 2 aliphatic heterocycles. The Hall–Kier alpha value is -2.19. The summed E-state index contributed by atoms with van der Waals surface area (Å²) in [5, 5.41) is 2.80. The van der Waals surface area contributed by atoms with Crippen LogP contribution in [0, 0.1) is 25.7 Å². The molecule has 2 saturated heterocycles. The van der Waals surface area contributed by atoms with Crippen molar-refractivity contribution < 1.29 is 17.6 Å². The highest BCUT2D eigenvalue weighted by Crippen LogP contribution is 2.34. The maximum atomic E-state index is 13.1. The number of oxazole rings is 1. The number of aryl methyl sites for hydroxylation is 2. The van der Waals surface area contributed by atoms with E-state index in [2.05, 4.69) is 10.3 Å². The molecule has 0 aliphatic carbocycles. The number of aromatic nitrogens is 1. The number of amides is 1. The molecule has 1 N–H and O–H groups in total. The van der Waals surface area contributed by atoms with Crippen molar-refractivity contribution in [2.45, 2.75) is 18.7 Å². The Labute approximate surface area is 146 Å². The summed E-state index contributed by atoms with van der Waals surface area (Å²) >= 11 is 0. The van der Waals surface area contributed by atoms with Crippen LogP contribution < -0.4 is 5.32 Å². The summed E-state index contributed by atoms with van der Waals surface area (Å²) in [7, 11) is -3.67. The maximum Gasteiger partial charge on any atom is 0.243 e. The summed E-state index contributed by atoms with van der Waals surface area (Å²) in [6, 6.07) is 5.21. The van der Waals surface area contributed by atoms with E-state index in [1.807, 2.05) is 6.07 Å². The van der Waals surface area contributed by atoms with Crippen molar-refractivity contribution in [3.8, 4) is 11.3 Å². The van der Waals surface area contributed by atoms with E-state index in [-0.39, 0.29) is 29.2 Å². The monoisotopic (exact) mass is 361 g/mol. The molecule has 2 aliphatic rings. The first-order valence-electron chi connectivity index (χ1n) is 8.17. The van der Waals surface area contributed by atoms with Gasteiger partial charge in [-0.2, -0.15) is 4.31 Å². The predicted octanol–water partition coefficient (Wildman–Crippen LogP) is 1.32. The minimum Gasteiger partial charge on any atom is -0.441 e. The molecule has 0 unspecified atom stereocenters. The second kappa shape index (κ2) is 5.67. The highest BCUT2D eigenvalue weighted by molar-refractivity contribution is 7.89. The van der Waals surface area contributed by atoms with E-state index in [0.717, 1.165) is 0 Å². The first kappa shape index (κ1) is 16.3. The lowest BCUT2D eigenvalue weighted by atomic mass is 10.0. The fourth-order valence-electron chi connectivity index (χ4n) is 3.56. The molecule has 1 aromatic carbocycles. The molecule has 25 heavy (non-hydrogen) atoms. The second-order valence-corrected chi connectivity index (χ2v) is 8.56. The van der Waals surface area contributed by atoms with Crippen LogP contribution in [0.4, 0.5) is 0 Å². The second-order valence-electron chi connectivity index (χ2n) is 6.66. The Morgan fingerprint density at radius 2 is 2.08 bits per heavy atom. The maximum absolute atomic E-state index is 13.1. The Kier molecular flexibility index (Phi) is 3.69. The van der Waals surface area contributed by atoms with Crippen LogP contribution in [0.15, 0.2) is 33.7 Å². The number of hydrogen-bond acceptors (Lipinski definition) is 5. The van der Waals surface area contributed by atoms with Crippen molar-refractivity contribution in [3.05, 3.63) is 35.9 Å². The first-order chi connectivity index (χ1) is 11.9. The summed E-state index contributed by atoms with van der Waals surface area (Å²) in [6.45, 7) is 4.67. The van der Waals surface area contributed by atoms with Crippen molar-refractivity contribution in [2.24, 2.45) is 11.8 Å². The van der Waals surface area contributed by atoms with E-state index < -0.39 is 10.0 Å². The fraction of sp³-hybridized carbons (Fsp3) is 0.412. The van der Waals surface area contributed by atoms with Crippen LogP contribution in [0.25, 0.3) is 11.3 Å². The smallest absolute Gasteiger partial charge is 0.243 e. The van der Waals surface area contributed by atoms with Gasteiger partial charge in [0.1, 0.15) is 0 Å². The van der Waals surface area contributed by atoms with Gasteiger partial charge >= 0.3 is 0 Å². The van der Waals surface area contributed by atoms with Gasteiger partial charge in [0.2, 0.25) is 15.9 Å². The van der Waals surface area contributed by atoms with Crippen LogP contribution in [-0.2, 0) is 14.8 Å². The third-order valence-corrected chi connectivity index (χ3v) is 6.97. The van der Waals surface area contributed by atoms with E-state index in [1.165, 1.54) is 4.31 Å². The average molecular weight is 361 g/mol. The minimum absolute atomic E-state index is 0.0506. The number of rotatable bonds is 3. The molecule has 2 atom stereocenters. The summed E-state index contributed by atoms with van der Waals surface area (Å²) in [5.74, 6) is 0.827. The number of hydrogen-bond donors (Lipinski definition) is 1. The zero-order valence-corrected chi connectivity index (χ0v) is 14.8. The van der Waals surface area contributed by atoms with Gasteiger partial charge < -0.3 is 9.73 Å². The van der Waals surface area contributed by atoms with E-state index in [9.17, 15) is 13.2 Å². The fourth-order valence-corrected chi connectivity index (χ4v) is 5.33. The molecule has 1 aromatic heterocycles. The van der Waals surface area contributed by atoms with E-state index in [4.69, 9.17) is 4.42 Å². The highest BCUT2D eigenvalue weighted by atomic mass is 32.2. The molecule has 0 spiro atoms. The Balaban J connectivity index is 1.70. The molecule has 0 bridgehead atoms. The van der Waals surface area contributed by atoms with Crippen molar-refractivity contribution in [1.29, 1.82) is 0 Å². The zero-order chi connectivity index (χ0) is 17.8. The minimum atomic E-state index is -3.67. The normalized spacial score (nSPS) is 23.7. The van der Waals surface area contributed by atoms with Gasteiger partial charge in [0, 0.05) is 38.0 Å². The van der Waals surface area contributed by atoms with Gasteiger partial charge in [0.15, 0.2) is 11.7 Å². The lowest BCUT2D eigenvalue weighted by Gasteiger charge is -2.19. The number of sulfonamides is 1. The Morgan fingerprint density at radius 1 is 1.28 bits per heavy atom. The van der Waals surface area contributed by atoms with Crippen LogP contribution in [0.1, 0.15) is 11.5 Å². The lowest BCUT2D eigenvalue weighted by Crippen LogP contribution is -2.33. The molecule has 2 aromatic rings. The number of carbonyl (C=O) groups is 1. The van der Waals surface area contributed by atoms with E-state index >= 15 is 0 Å². The molecule has 0 radical (unpaired) electrons. The van der Waals surface area contributed by atoms with Crippen molar-refractivity contribution in [1.82, 2.24) is 14.6 Å². The van der Waals surface area contributed by atoms with Gasteiger partial charge in [-0.05, 0) is 18.6 Å². The van der Waals surface area contributed by atoms with Gasteiger partial charge in [0.05, 0.1) is 17.0 Å². The third-order valence-electron chi connectivity index (χ3n) is 4.99. The highest BCUT2D eigenvalue weighted by Gasteiger charge is 2.46. The molecule has 3 heterocycles. The molecular formula is C17H19N3O4S. The third kappa shape index (κ3) is 2.65. The van der Waals surface area contributed by atoms with Gasteiger partial charge in [0.25, 0.3) is 0 Å². The summed E-state index contributed by atoms with van der Waals surface area (Å²) in [6.07, 6.45) is 1.58. The largest absolute Gasteiger partial charge is 0.441 e. The van der Waals surface area contributed by atoms with E-state index in [0.29, 0.717) is 35.9 Å². The topological polar surface area (TPSA) is 92.5 Å². The van der Waals surface area contributed by atoms with Crippen LogP contribution in [0.5, 0.6) is 0 Å². The van der Waals surface area contributed by atoms with Crippen LogP contribution in [-0.4, -0.2) is 43.2 Å². The van der Waals surface area contributed by atoms with Crippen LogP contribution in [0.2, 0.25) is 0 Å². The summed E-state index contributed by atoms with van der Waals surface area (Å²) < 4.78 is 33.2. The molecule has 132 valence electrons. The molecule has 1 amide bonds. The van der Waals surface area contributed by atoms with Crippen molar-refractivity contribution in [2.75, 3.05) is 19.6 Å². The number of carbonyl (C=O) groups excluding carboxylic acids is 1. The SMILES string of the molecule is Cc1ncc(-c2ccc(C)c(S(=O)(=O)N3C[C@@H]4CNC(=O)[C@@H]4C3)c2)o1. The molecule has 4 rings (SSSR count). The van der Waals surface area contributed by atoms with Gasteiger partial charge in [-0.15, -0.1) is 0 Å². The molecule has 2 fully saturated rings. The predicted molar refractivity (Wildman–Crippen MR) is 90.2 cm³/mol. The number of nitrogens with zero attached hydrogens (tertiary/aromatic N) is 2. The number of benzene rings is 1. The van der Waals surface area contributed by atoms with Crippen LogP contribution in [0.3, 0.4) is 0 Å².